The first-order valence-electron chi connectivity index (χ1n) is 6.91. The first-order chi connectivity index (χ1) is 7.61. The fourth-order valence-corrected chi connectivity index (χ4v) is 4.97. The predicted molar refractivity (Wildman–Crippen MR) is 65.9 cm³/mol. The summed E-state index contributed by atoms with van der Waals surface area (Å²) in [6.07, 6.45) is 6.46. The van der Waals surface area contributed by atoms with Gasteiger partial charge >= 0.3 is 0 Å². The molecule has 0 bridgehead atoms. The van der Waals surface area contributed by atoms with Gasteiger partial charge in [-0.05, 0) is 59.8 Å². The summed E-state index contributed by atoms with van der Waals surface area (Å²) in [6.45, 7) is 7.51. The van der Waals surface area contributed by atoms with E-state index in [2.05, 4.69) is 26.8 Å². The summed E-state index contributed by atoms with van der Waals surface area (Å²) in [5.41, 5.74) is 1.91. The lowest BCUT2D eigenvalue weighted by atomic mass is 9.69. The fourth-order valence-electron chi connectivity index (χ4n) is 4.97. The second-order valence-corrected chi connectivity index (χ2v) is 6.71. The van der Waals surface area contributed by atoms with E-state index in [1.165, 1.54) is 24.8 Å². The highest BCUT2D eigenvalue weighted by Gasteiger charge is 2.71. The van der Waals surface area contributed by atoms with E-state index < -0.39 is 0 Å². The Morgan fingerprint density at radius 1 is 1.44 bits per heavy atom. The highest BCUT2D eigenvalue weighted by Crippen LogP contribution is 2.77. The van der Waals surface area contributed by atoms with E-state index in [9.17, 15) is 5.11 Å². The Hall–Kier alpha value is -0.300. The molecule has 0 aromatic carbocycles. The second kappa shape index (κ2) is 3.35. The zero-order chi connectivity index (χ0) is 11.5. The summed E-state index contributed by atoms with van der Waals surface area (Å²) in [4.78, 5) is 0. The molecule has 1 N–H and O–H groups in total. The minimum absolute atomic E-state index is 0.296. The number of fused-ring (bicyclic) bond motifs is 1. The van der Waals surface area contributed by atoms with E-state index in [1.54, 1.807) is 0 Å². The minimum Gasteiger partial charge on any atom is -0.392 e. The van der Waals surface area contributed by atoms with Crippen molar-refractivity contribution in [1.29, 1.82) is 0 Å². The van der Waals surface area contributed by atoms with Crippen LogP contribution in [0.3, 0.4) is 0 Å². The summed E-state index contributed by atoms with van der Waals surface area (Å²) in [6, 6.07) is 0. The van der Waals surface area contributed by atoms with Crippen molar-refractivity contribution >= 4 is 0 Å². The number of aliphatic hydroxyl groups excluding tert-OH is 1. The highest BCUT2D eigenvalue weighted by molar-refractivity contribution is 5.34. The summed E-state index contributed by atoms with van der Waals surface area (Å²) < 4.78 is 0. The van der Waals surface area contributed by atoms with Crippen molar-refractivity contribution in [3.05, 3.63) is 11.6 Å². The van der Waals surface area contributed by atoms with Crippen LogP contribution in [0.15, 0.2) is 11.6 Å². The van der Waals surface area contributed by atoms with Crippen molar-refractivity contribution in [3.8, 4) is 0 Å². The van der Waals surface area contributed by atoms with Gasteiger partial charge in [0.15, 0.2) is 0 Å². The highest BCUT2D eigenvalue weighted by atomic mass is 16.3. The lowest BCUT2D eigenvalue weighted by molar-refractivity contribution is 0.144. The SMILES string of the molecule is CC(C)C1CCC(C)C23CC(CO)=CC2C13. The number of allylic oxidation sites excluding steroid dienone is 1. The molecule has 0 radical (unpaired) electrons. The van der Waals surface area contributed by atoms with Crippen LogP contribution < -0.4 is 0 Å². The van der Waals surface area contributed by atoms with Gasteiger partial charge in [0, 0.05) is 0 Å². The lowest BCUT2D eigenvalue weighted by Gasteiger charge is -2.35. The molecule has 1 spiro atoms. The van der Waals surface area contributed by atoms with Crippen LogP contribution in [0, 0.1) is 35.0 Å². The minimum atomic E-state index is 0.296. The molecule has 5 atom stereocenters. The molecule has 0 saturated heterocycles. The Kier molecular flexibility index (Phi) is 2.27. The van der Waals surface area contributed by atoms with Crippen LogP contribution in [0.5, 0.6) is 0 Å². The Bertz CT molecular complexity index is 330. The molecule has 16 heavy (non-hydrogen) atoms. The molecule has 0 aromatic rings. The van der Waals surface area contributed by atoms with Crippen LogP contribution >= 0.6 is 0 Å². The molecule has 90 valence electrons. The maximum atomic E-state index is 9.28. The van der Waals surface area contributed by atoms with E-state index in [1.807, 2.05) is 0 Å². The molecule has 0 amide bonds. The van der Waals surface area contributed by atoms with E-state index in [4.69, 9.17) is 0 Å². The maximum absolute atomic E-state index is 9.28. The van der Waals surface area contributed by atoms with Crippen LogP contribution in [0.2, 0.25) is 0 Å². The van der Waals surface area contributed by atoms with Crippen molar-refractivity contribution in [2.75, 3.05) is 6.61 Å². The zero-order valence-corrected chi connectivity index (χ0v) is 10.7. The Morgan fingerprint density at radius 2 is 2.19 bits per heavy atom. The van der Waals surface area contributed by atoms with Crippen molar-refractivity contribution in [1.82, 2.24) is 0 Å². The van der Waals surface area contributed by atoms with Crippen molar-refractivity contribution in [2.45, 2.75) is 40.0 Å². The van der Waals surface area contributed by atoms with Crippen LogP contribution in [-0.4, -0.2) is 11.7 Å². The van der Waals surface area contributed by atoms with Crippen LogP contribution in [0.25, 0.3) is 0 Å². The molecule has 5 unspecified atom stereocenters. The topological polar surface area (TPSA) is 20.2 Å². The van der Waals surface area contributed by atoms with E-state index >= 15 is 0 Å². The summed E-state index contributed by atoms with van der Waals surface area (Å²) in [5.74, 6) is 4.42. The molecule has 3 aliphatic rings. The third-order valence-electron chi connectivity index (χ3n) is 5.84. The first kappa shape index (κ1) is 10.8. The molecule has 2 fully saturated rings. The van der Waals surface area contributed by atoms with Gasteiger partial charge in [-0.25, -0.2) is 0 Å². The van der Waals surface area contributed by atoms with Gasteiger partial charge in [0.25, 0.3) is 0 Å². The summed E-state index contributed by atoms with van der Waals surface area (Å²) in [7, 11) is 0. The fraction of sp³-hybridized carbons (Fsp3) is 0.867. The molecular weight excluding hydrogens is 196 g/mol. The summed E-state index contributed by atoms with van der Waals surface area (Å²) >= 11 is 0. The normalized spacial score (nSPS) is 49.9. The predicted octanol–water partition coefficient (Wildman–Crippen LogP) is 3.24. The molecule has 0 heterocycles. The Balaban J connectivity index is 1.86. The van der Waals surface area contributed by atoms with Gasteiger partial charge in [0.1, 0.15) is 0 Å². The molecule has 2 saturated carbocycles. The Labute approximate surface area is 98.9 Å². The molecule has 0 aliphatic heterocycles. The molecule has 1 heteroatoms. The van der Waals surface area contributed by atoms with Crippen LogP contribution in [0.1, 0.15) is 40.0 Å². The van der Waals surface area contributed by atoms with E-state index in [0.29, 0.717) is 12.0 Å². The number of hydrogen-bond acceptors (Lipinski definition) is 1. The van der Waals surface area contributed by atoms with Gasteiger partial charge < -0.3 is 5.11 Å². The summed E-state index contributed by atoms with van der Waals surface area (Å²) in [5, 5.41) is 9.28. The number of rotatable bonds is 2. The maximum Gasteiger partial charge on any atom is 0.0642 e. The smallest absolute Gasteiger partial charge is 0.0642 e. The molecule has 3 rings (SSSR count). The average molecular weight is 220 g/mol. The van der Waals surface area contributed by atoms with Crippen molar-refractivity contribution in [2.24, 2.45) is 35.0 Å². The lowest BCUT2D eigenvalue weighted by Crippen LogP contribution is -2.28. The van der Waals surface area contributed by atoms with Gasteiger partial charge in [-0.15, -0.1) is 0 Å². The molecule has 3 aliphatic carbocycles. The van der Waals surface area contributed by atoms with Gasteiger partial charge in [-0.3, -0.25) is 0 Å². The van der Waals surface area contributed by atoms with E-state index in [0.717, 1.165) is 29.6 Å². The van der Waals surface area contributed by atoms with E-state index in [-0.39, 0.29) is 0 Å². The average Bonchev–Trinajstić information content (AvgIpc) is 2.73. The van der Waals surface area contributed by atoms with Gasteiger partial charge in [0.05, 0.1) is 6.61 Å². The monoisotopic (exact) mass is 220 g/mol. The van der Waals surface area contributed by atoms with Gasteiger partial charge in [0.2, 0.25) is 0 Å². The van der Waals surface area contributed by atoms with Crippen LogP contribution in [-0.2, 0) is 0 Å². The third-order valence-corrected chi connectivity index (χ3v) is 5.84. The standard InChI is InChI=1S/C15H24O/c1-9(2)12-5-4-10(3)15-7-11(8-16)6-13(15)14(12)15/h6,9-10,12-14,16H,4-5,7-8H2,1-3H3. The molecule has 1 nitrogen and oxygen atoms in total. The molecule has 0 aromatic heterocycles. The Morgan fingerprint density at radius 3 is 2.81 bits per heavy atom. The van der Waals surface area contributed by atoms with Crippen molar-refractivity contribution < 1.29 is 5.11 Å². The zero-order valence-electron chi connectivity index (χ0n) is 10.7. The van der Waals surface area contributed by atoms with Crippen LogP contribution in [0.4, 0.5) is 0 Å². The van der Waals surface area contributed by atoms with Gasteiger partial charge in [-0.2, -0.15) is 0 Å². The largest absolute Gasteiger partial charge is 0.392 e. The third kappa shape index (κ3) is 1.16. The van der Waals surface area contributed by atoms with Crippen molar-refractivity contribution in [3.63, 3.8) is 0 Å². The number of aliphatic hydroxyl groups is 1. The first-order valence-corrected chi connectivity index (χ1v) is 6.91. The number of hydrogen-bond donors (Lipinski definition) is 1. The second-order valence-electron chi connectivity index (χ2n) is 6.71. The van der Waals surface area contributed by atoms with Gasteiger partial charge in [-0.1, -0.05) is 26.8 Å². The molecular formula is C15H24O. The quantitative estimate of drug-likeness (QED) is 0.708.